The van der Waals surface area contributed by atoms with Gasteiger partial charge in [0.05, 0.1) is 62.0 Å². The molecular formula is C57H88O25. The number of aliphatic hydroxyl groups excluding tert-OH is 11. The number of carbonyl (C=O) groups is 3. The Morgan fingerprint density at radius 2 is 1.23 bits per heavy atom. The molecule has 11 fully saturated rings. The van der Waals surface area contributed by atoms with E-state index in [0.717, 1.165) is 19.8 Å². The molecule has 12 bridgehead atoms. The fraction of sp³-hybridized carbons (Fsp3) is 0.912. The zero-order valence-electron chi connectivity index (χ0n) is 47.7. The van der Waals surface area contributed by atoms with Crippen LogP contribution in [0.15, 0.2) is 11.6 Å². The van der Waals surface area contributed by atoms with Gasteiger partial charge in [-0.3, -0.25) is 14.4 Å². The van der Waals surface area contributed by atoms with Crippen LogP contribution < -0.4 is 0 Å². The van der Waals surface area contributed by atoms with Crippen molar-refractivity contribution in [3.05, 3.63) is 11.6 Å². The van der Waals surface area contributed by atoms with Crippen LogP contribution in [-0.2, 0) is 61.8 Å². The summed E-state index contributed by atoms with van der Waals surface area (Å²) < 4.78 is 59.4. The number of esters is 3. The normalized spacial score (nSPS) is 54.1. The highest BCUT2D eigenvalue weighted by Crippen LogP contribution is 2.75. The van der Waals surface area contributed by atoms with E-state index in [4.69, 9.17) is 47.4 Å². The van der Waals surface area contributed by atoms with Crippen molar-refractivity contribution in [3.63, 3.8) is 0 Å². The summed E-state index contributed by atoms with van der Waals surface area (Å²) in [6.07, 6.45) is -28.3. The number of allylic oxidation sites excluding steroid dienone is 2. The molecule has 5 aliphatic carbocycles. The average Bonchev–Trinajstić information content (AvgIpc) is 0.946. The first-order valence-electron chi connectivity index (χ1n) is 29.3. The van der Waals surface area contributed by atoms with Gasteiger partial charge in [-0.05, 0) is 117 Å². The largest absolute Gasteiger partial charge is 0.457 e. The molecule has 0 amide bonds. The predicted octanol–water partition coefficient (Wildman–Crippen LogP) is -1.39. The monoisotopic (exact) mass is 1170 g/mol. The highest BCUT2D eigenvalue weighted by molar-refractivity contribution is 5.79. The molecule has 29 atom stereocenters. The Hall–Kier alpha value is -2.61. The number of rotatable bonds is 1. The molecule has 10 heterocycles. The van der Waals surface area contributed by atoms with Crippen molar-refractivity contribution < 1.29 is 123 Å². The van der Waals surface area contributed by atoms with E-state index in [2.05, 4.69) is 40.7 Å². The van der Waals surface area contributed by atoms with E-state index in [1.165, 1.54) is 12.5 Å². The average molecular weight is 1170 g/mol. The van der Waals surface area contributed by atoms with Crippen LogP contribution in [0.1, 0.15) is 126 Å². The molecule has 25 heteroatoms. The summed E-state index contributed by atoms with van der Waals surface area (Å²) >= 11 is 0. The maximum atomic E-state index is 15.3. The predicted molar refractivity (Wildman–Crippen MR) is 275 cm³/mol. The lowest BCUT2D eigenvalue weighted by atomic mass is 9.35. The summed E-state index contributed by atoms with van der Waals surface area (Å²) in [6, 6.07) is 0. The van der Waals surface area contributed by atoms with Gasteiger partial charge in [0, 0.05) is 0 Å². The van der Waals surface area contributed by atoms with Gasteiger partial charge >= 0.3 is 17.9 Å². The first kappa shape index (κ1) is 62.4. The van der Waals surface area contributed by atoms with Crippen LogP contribution in [0, 0.1) is 44.8 Å². The van der Waals surface area contributed by atoms with Crippen molar-refractivity contribution in [2.24, 2.45) is 44.8 Å². The van der Waals surface area contributed by atoms with Gasteiger partial charge in [-0.1, -0.05) is 46.3 Å². The van der Waals surface area contributed by atoms with Crippen LogP contribution in [0.5, 0.6) is 0 Å². The Kier molecular flexibility index (Phi) is 17.4. The molecule has 0 radical (unpaired) electrons. The standard InChI is InChI=1S/C57H88O25/c1-24-44-41(68)43(70)47(75-24)81-46-36(63)29(60)22-74-49(46)82-51(71)57-14-12-52(2,3)17-27(57)26-8-9-33-54(5)18-28(59)30(16-25(54)10-11-56(33,7)55(26,6)13-15-57)76-50-45(40(67)37(64)31(21-58)77-50)73-23-32-38(65)39(66)42(69)48(78-32)80-35(62)20-53(4,72)19-34(61)79-44/h8,24-25,27-33,36-50,58-60,63-70,72H,9-23H2,1-7H3/t24-,25-,27-,28-,29-,30+,31+,32+,33?,36-,37+,38+,39-,40-,41-,42+,43+,44-,45+,46+,47-,48-,49-,50+,53?,54-,55+,56+,57-/m0/s1. The van der Waals surface area contributed by atoms with Crippen molar-refractivity contribution in [2.45, 2.75) is 260 Å². The van der Waals surface area contributed by atoms with Crippen molar-refractivity contribution >= 4 is 17.9 Å². The smallest absolute Gasteiger partial charge is 0.315 e. The van der Waals surface area contributed by atoms with Gasteiger partial charge in [0.1, 0.15) is 73.2 Å². The summed E-state index contributed by atoms with van der Waals surface area (Å²) in [5.41, 5.74) is -3.42. The van der Waals surface area contributed by atoms with Crippen LogP contribution in [0.25, 0.3) is 0 Å². The third kappa shape index (κ3) is 10.9. The molecule has 15 rings (SSSR count). The number of carbonyl (C=O) groups excluding carboxylic acids is 3. The van der Waals surface area contributed by atoms with Crippen LogP contribution in [-0.4, -0.2) is 234 Å². The number of aliphatic hydroxyl groups is 12. The SMILES string of the molecule is C[C@@H]1O[C@H]2O[C@H]3[C@@H](OC[C@H](O)[C@@H]3O)OC(=O)[C@]34CCC(C)(C)C[C@H]3C3=CCC5[C@@]6(C)C[C@H](O)[C@@H](C[C@@H]6CC[C@@]5(C)[C@]3(C)CC4)O[C@@H]3O[C@H](CO)[C@@H](O)[C@H](O)[C@H]3OC[C@H]3O[C@@H](OC(=O)CC(C)(O)CC(=O)O[C@@H]1[C@@H](O)[C@H]2O)[C@H](O)[C@@H](O)[C@@H]3O. The van der Waals surface area contributed by atoms with E-state index in [1.807, 2.05) is 0 Å². The van der Waals surface area contributed by atoms with Gasteiger partial charge in [0.2, 0.25) is 12.6 Å². The number of hydrogen-bond donors (Lipinski definition) is 12. The molecule has 82 heavy (non-hydrogen) atoms. The van der Waals surface area contributed by atoms with E-state index in [-0.39, 0.29) is 28.6 Å². The Labute approximate surface area is 476 Å². The molecule has 0 aromatic heterocycles. The minimum atomic E-state index is -2.24. The molecular weight excluding hydrogens is 1080 g/mol. The lowest BCUT2D eigenvalue weighted by Crippen LogP contribution is -2.65. The van der Waals surface area contributed by atoms with Crippen LogP contribution in [0.2, 0.25) is 0 Å². The van der Waals surface area contributed by atoms with Crippen LogP contribution in [0.3, 0.4) is 0 Å². The number of ether oxygens (including phenoxy) is 10. The van der Waals surface area contributed by atoms with Gasteiger partial charge in [-0.25, -0.2) is 0 Å². The fourth-order valence-corrected chi connectivity index (χ4v) is 16.5. The van der Waals surface area contributed by atoms with Gasteiger partial charge in [-0.15, -0.1) is 0 Å². The summed E-state index contributed by atoms with van der Waals surface area (Å²) in [4.78, 5) is 42.0. The van der Waals surface area contributed by atoms with Crippen LogP contribution in [0.4, 0.5) is 0 Å². The minimum absolute atomic E-state index is 0.0159. The zero-order valence-corrected chi connectivity index (χ0v) is 47.7. The first-order valence-corrected chi connectivity index (χ1v) is 29.3. The molecule has 2 unspecified atom stereocenters. The fourth-order valence-electron chi connectivity index (χ4n) is 16.5. The zero-order chi connectivity index (χ0) is 59.6. The molecule has 0 aromatic rings. The Bertz CT molecular complexity index is 2370. The van der Waals surface area contributed by atoms with Gasteiger partial charge in [-0.2, -0.15) is 0 Å². The Morgan fingerprint density at radius 3 is 1.94 bits per heavy atom. The third-order valence-corrected chi connectivity index (χ3v) is 21.6. The molecule has 1 spiro atoms. The van der Waals surface area contributed by atoms with E-state index in [0.29, 0.717) is 51.4 Å². The van der Waals surface area contributed by atoms with E-state index >= 15 is 4.79 Å². The van der Waals surface area contributed by atoms with Crippen LogP contribution >= 0.6 is 0 Å². The van der Waals surface area contributed by atoms with E-state index < -0.39 is 201 Å². The highest BCUT2D eigenvalue weighted by atomic mass is 16.8. The maximum Gasteiger partial charge on any atom is 0.315 e. The van der Waals surface area contributed by atoms with Gasteiger partial charge < -0.3 is 109 Å². The molecule has 10 aliphatic heterocycles. The summed E-state index contributed by atoms with van der Waals surface area (Å²) in [6.45, 7) is 11.8. The van der Waals surface area contributed by atoms with Crippen molar-refractivity contribution in [3.8, 4) is 0 Å². The second-order valence-corrected chi connectivity index (χ2v) is 27.5. The quantitative estimate of drug-likeness (QED) is 0.0623. The third-order valence-electron chi connectivity index (χ3n) is 21.6. The second-order valence-electron chi connectivity index (χ2n) is 27.5. The summed E-state index contributed by atoms with van der Waals surface area (Å²) in [5, 5.41) is 134. The minimum Gasteiger partial charge on any atom is -0.457 e. The topological polar surface area (TPSA) is 386 Å². The van der Waals surface area contributed by atoms with Crippen molar-refractivity contribution in [1.82, 2.24) is 0 Å². The van der Waals surface area contributed by atoms with Crippen molar-refractivity contribution in [2.75, 3.05) is 19.8 Å². The molecule has 7 saturated heterocycles. The van der Waals surface area contributed by atoms with Gasteiger partial charge in [0.15, 0.2) is 24.8 Å². The molecule has 15 aliphatic rings. The van der Waals surface area contributed by atoms with E-state index in [9.17, 15) is 70.9 Å². The second kappa shape index (κ2) is 22.8. The molecule has 466 valence electrons. The lowest BCUT2D eigenvalue weighted by molar-refractivity contribution is -0.351. The Morgan fingerprint density at radius 1 is 0.573 bits per heavy atom. The molecule has 25 nitrogen and oxygen atoms in total. The molecule has 4 saturated carbocycles. The lowest BCUT2D eigenvalue weighted by Gasteiger charge is -2.70. The highest BCUT2D eigenvalue weighted by Gasteiger charge is 2.69. The number of hydrogen-bond acceptors (Lipinski definition) is 25. The van der Waals surface area contributed by atoms with E-state index in [1.54, 1.807) is 0 Å². The first-order chi connectivity index (χ1) is 38.4. The maximum absolute atomic E-state index is 15.3. The summed E-state index contributed by atoms with van der Waals surface area (Å²) in [5.74, 6) is -3.21. The Balaban J connectivity index is 0.971. The molecule has 12 N–H and O–H groups in total. The van der Waals surface area contributed by atoms with Crippen molar-refractivity contribution in [1.29, 1.82) is 0 Å². The summed E-state index contributed by atoms with van der Waals surface area (Å²) in [7, 11) is 0. The molecule has 0 aromatic carbocycles. The van der Waals surface area contributed by atoms with Gasteiger partial charge in [0.25, 0.3) is 0 Å².